The van der Waals surface area contributed by atoms with Crippen LogP contribution in [-0.2, 0) is 0 Å². The van der Waals surface area contributed by atoms with E-state index in [2.05, 4.69) is 5.32 Å². The molecular weight excluding hydrogens is 228 g/mol. The van der Waals surface area contributed by atoms with Gasteiger partial charge in [0.1, 0.15) is 29.3 Å². The molecule has 0 unspecified atom stereocenters. The van der Waals surface area contributed by atoms with Crippen LogP contribution in [0.15, 0.2) is 40.1 Å². The van der Waals surface area contributed by atoms with E-state index >= 15 is 0 Å². The van der Waals surface area contributed by atoms with Crippen molar-refractivity contribution in [3.8, 4) is 12.1 Å². The zero-order chi connectivity index (χ0) is 13.1. The van der Waals surface area contributed by atoms with Crippen molar-refractivity contribution in [3.05, 3.63) is 41.4 Å². The van der Waals surface area contributed by atoms with Gasteiger partial charge in [-0.3, -0.25) is 0 Å². The maximum absolute atomic E-state index is 8.68. The Hall–Kier alpha value is -2.92. The van der Waals surface area contributed by atoms with Crippen molar-refractivity contribution in [2.24, 2.45) is 5.73 Å². The smallest absolute Gasteiger partial charge is 0.169 e. The summed E-state index contributed by atoms with van der Waals surface area (Å²) in [6.45, 7) is 1.87. The lowest BCUT2D eigenvalue weighted by molar-refractivity contribution is 0.578. The standard InChI is InChI=1S/C13H10N4O/c1-8-4-9-5-11(2-3-12(9)18-8)17-13(16)10(6-14)7-15/h2-5,17H,16H2,1H3. The maximum atomic E-state index is 8.68. The highest BCUT2D eigenvalue weighted by Gasteiger charge is 2.05. The third kappa shape index (κ3) is 2.11. The Morgan fingerprint density at radius 1 is 1.28 bits per heavy atom. The van der Waals surface area contributed by atoms with Crippen LogP contribution in [0.2, 0.25) is 0 Å². The molecule has 0 fully saturated rings. The molecule has 0 radical (unpaired) electrons. The van der Waals surface area contributed by atoms with E-state index in [1.807, 2.05) is 19.1 Å². The van der Waals surface area contributed by atoms with Gasteiger partial charge in [-0.1, -0.05) is 0 Å². The molecule has 3 N–H and O–H groups in total. The SMILES string of the molecule is Cc1cc2cc(NC(N)=C(C#N)C#N)ccc2o1. The topological polar surface area (TPSA) is 98.8 Å². The second-order valence-electron chi connectivity index (χ2n) is 3.75. The lowest BCUT2D eigenvalue weighted by Crippen LogP contribution is -2.11. The number of hydrogen-bond donors (Lipinski definition) is 2. The number of rotatable bonds is 2. The van der Waals surface area contributed by atoms with Crippen LogP contribution in [0.3, 0.4) is 0 Å². The highest BCUT2D eigenvalue weighted by Crippen LogP contribution is 2.23. The third-order valence-electron chi connectivity index (χ3n) is 2.41. The summed E-state index contributed by atoms with van der Waals surface area (Å²) in [7, 11) is 0. The molecule has 0 saturated carbocycles. The predicted molar refractivity (Wildman–Crippen MR) is 67.0 cm³/mol. The van der Waals surface area contributed by atoms with Gasteiger partial charge in [-0.15, -0.1) is 0 Å². The molecule has 1 heterocycles. The van der Waals surface area contributed by atoms with Crippen LogP contribution in [0, 0.1) is 29.6 Å². The van der Waals surface area contributed by atoms with E-state index < -0.39 is 0 Å². The largest absolute Gasteiger partial charge is 0.461 e. The number of nitrogens with one attached hydrogen (secondary N) is 1. The van der Waals surface area contributed by atoms with Crippen LogP contribution in [0.5, 0.6) is 0 Å². The fraction of sp³-hybridized carbons (Fsp3) is 0.0769. The van der Waals surface area contributed by atoms with Gasteiger partial charge in [0.15, 0.2) is 5.57 Å². The van der Waals surface area contributed by atoms with Crippen LogP contribution in [0.4, 0.5) is 5.69 Å². The number of hydrogen-bond acceptors (Lipinski definition) is 5. The second-order valence-corrected chi connectivity index (χ2v) is 3.75. The van der Waals surface area contributed by atoms with E-state index in [1.54, 1.807) is 24.3 Å². The molecule has 88 valence electrons. The molecule has 1 aromatic carbocycles. The molecule has 0 amide bonds. The molecule has 0 saturated heterocycles. The quantitative estimate of drug-likeness (QED) is 0.782. The van der Waals surface area contributed by atoms with E-state index in [1.165, 1.54) is 0 Å². The molecule has 0 aliphatic rings. The Balaban J connectivity index is 2.36. The lowest BCUT2D eigenvalue weighted by atomic mass is 10.2. The fourth-order valence-corrected chi connectivity index (χ4v) is 1.62. The van der Waals surface area contributed by atoms with Crippen molar-refractivity contribution in [1.29, 1.82) is 10.5 Å². The monoisotopic (exact) mass is 238 g/mol. The zero-order valence-corrected chi connectivity index (χ0v) is 9.69. The molecule has 0 aliphatic heterocycles. The summed E-state index contributed by atoms with van der Waals surface area (Å²) < 4.78 is 5.44. The highest BCUT2D eigenvalue weighted by atomic mass is 16.3. The average molecular weight is 238 g/mol. The van der Waals surface area contributed by atoms with Crippen molar-refractivity contribution in [2.45, 2.75) is 6.92 Å². The number of fused-ring (bicyclic) bond motifs is 1. The number of allylic oxidation sites excluding steroid dienone is 1. The number of nitrogens with zero attached hydrogens (tertiary/aromatic N) is 2. The van der Waals surface area contributed by atoms with Crippen molar-refractivity contribution in [1.82, 2.24) is 0 Å². The van der Waals surface area contributed by atoms with Gasteiger partial charge in [0.2, 0.25) is 0 Å². The number of nitriles is 2. The average Bonchev–Trinajstić information content (AvgIpc) is 2.70. The molecule has 5 nitrogen and oxygen atoms in total. The van der Waals surface area contributed by atoms with Gasteiger partial charge in [0.25, 0.3) is 0 Å². The summed E-state index contributed by atoms with van der Waals surface area (Å²) in [5, 5.41) is 21.1. The molecule has 5 heteroatoms. The Morgan fingerprint density at radius 2 is 2.00 bits per heavy atom. The first-order valence-electron chi connectivity index (χ1n) is 5.21. The van der Waals surface area contributed by atoms with E-state index in [4.69, 9.17) is 20.7 Å². The summed E-state index contributed by atoms with van der Waals surface area (Å²) in [6.07, 6.45) is 0. The van der Waals surface area contributed by atoms with Gasteiger partial charge in [-0.25, -0.2) is 0 Å². The Labute approximate surface area is 104 Å². The summed E-state index contributed by atoms with van der Waals surface area (Å²) in [5.74, 6) is 0.861. The number of benzene rings is 1. The zero-order valence-electron chi connectivity index (χ0n) is 9.69. The van der Waals surface area contributed by atoms with Gasteiger partial charge in [0, 0.05) is 11.1 Å². The van der Waals surface area contributed by atoms with Crippen molar-refractivity contribution in [2.75, 3.05) is 5.32 Å². The summed E-state index contributed by atoms with van der Waals surface area (Å²) in [5.41, 5.74) is 6.96. The first-order chi connectivity index (χ1) is 8.63. The molecule has 1 aromatic heterocycles. The summed E-state index contributed by atoms with van der Waals surface area (Å²) >= 11 is 0. The number of furan rings is 1. The molecule has 0 aliphatic carbocycles. The number of nitrogens with two attached hydrogens (primary N) is 1. The van der Waals surface area contributed by atoms with Gasteiger partial charge >= 0.3 is 0 Å². The van der Waals surface area contributed by atoms with Gasteiger partial charge < -0.3 is 15.5 Å². The molecule has 18 heavy (non-hydrogen) atoms. The molecular formula is C13H10N4O. The Bertz CT molecular complexity index is 697. The summed E-state index contributed by atoms with van der Waals surface area (Å²) in [4.78, 5) is 0. The van der Waals surface area contributed by atoms with Crippen LogP contribution in [-0.4, -0.2) is 0 Å². The van der Waals surface area contributed by atoms with Crippen LogP contribution in [0.25, 0.3) is 11.0 Å². The van der Waals surface area contributed by atoms with Crippen LogP contribution < -0.4 is 11.1 Å². The van der Waals surface area contributed by atoms with Gasteiger partial charge in [-0.2, -0.15) is 10.5 Å². The van der Waals surface area contributed by atoms with E-state index in [-0.39, 0.29) is 11.4 Å². The summed E-state index contributed by atoms with van der Waals surface area (Å²) in [6, 6.07) is 10.8. The minimum atomic E-state index is -0.140. The highest BCUT2D eigenvalue weighted by molar-refractivity contribution is 5.82. The van der Waals surface area contributed by atoms with Crippen molar-refractivity contribution in [3.63, 3.8) is 0 Å². The fourth-order valence-electron chi connectivity index (χ4n) is 1.62. The normalized spacial score (nSPS) is 9.50. The Morgan fingerprint density at radius 3 is 2.67 bits per heavy atom. The van der Waals surface area contributed by atoms with E-state index in [9.17, 15) is 0 Å². The van der Waals surface area contributed by atoms with Crippen molar-refractivity contribution >= 4 is 16.7 Å². The second kappa shape index (κ2) is 4.52. The molecule has 0 atom stereocenters. The molecule has 2 aromatic rings. The van der Waals surface area contributed by atoms with E-state index in [0.29, 0.717) is 5.69 Å². The van der Waals surface area contributed by atoms with Gasteiger partial charge in [-0.05, 0) is 31.2 Å². The third-order valence-corrected chi connectivity index (χ3v) is 2.41. The number of anilines is 1. The Kier molecular flexibility index (Phi) is 2.90. The number of aryl methyl sites for hydroxylation is 1. The van der Waals surface area contributed by atoms with Crippen LogP contribution >= 0.6 is 0 Å². The minimum Gasteiger partial charge on any atom is -0.461 e. The minimum absolute atomic E-state index is 0.0413. The molecule has 0 bridgehead atoms. The first-order valence-corrected chi connectivity index (χ1v) is 5.21. The van der Waals surface area contributed by atoms with E-state index in [0.717, 1.165) is 16.7 Å². The van der Waals surface area contributed by atoms with Gasteiger partial charge in [0.05, 0.1) is 0 Å². The first kappa shape index (κ1) is 11.6. The molecule has 0 spiro atoms. The maximum Gasteiger partial charge on any atom is 0.169 e. The lowest BCUT2D eigenvalue weighted by Gasteiger charge is -2.05. The van der Waals surface area contributed by atoms with Crippen LogP contribution in [0.1, 0.15) is 5.76 Å². The predicted octanol–water partition coefficient (Wildman–Crippen LogP) is 2.37. The molecule has 2 rings (SSSR count). The van der Waals surface area contributed by atoms with Crippen molar-refractivity contribution < 1.29 is 4.42 Å².